The lowest BCUT2D eigenvalue weighted by atomic mass is 9.84. The molecule has 1 amide bonds. The third-order valence-corrected chi connectivity index (χ3v) is 6.28. The van der Waals surface area contributed by atoms with Crippen molar-refractivity contribution in [1.82, 2.24) is 9.88 Å². The van der Waals surface area contributed by atoms with Crippen molar-refractivity contribution in [3.05, 3.63) is 35.5 Å². The van der Waals surface area contributed by atoms with E-state index in [0.29, 0.717) is 25.2 Å². The highest BCUT2D eigenvalue weighted by Crippen LogP contribution is 2.40. The molecule has 1 saturated heterocycles. The summed E-state index contributed by atoms with van der Waals surface area (Å²) in [5.74, 6) is -0.492. The zero-order valence-electron chi connectivity index (χ0n) is 15.2. The summed E-state index contributed by atoms with van der Waals surface area (Å²) in [5, 5.41) is 10.8. The number of hydrogen-bond acceptors (Lipinski definition) is 2. The molecule has 4 rings (SSSR count). The fourth-order valence-corrected chi connectivity index (χ4v) is 4.98. The number of carboxylic acid groups (broad SMARTS) is 1. The molecule has 5 heteroatoms. The standard InChI is InChI=1S/C21H26N2O3/c1-13-5-4-7-16-15(12-22-20(13)16)9-10-19(24)23-17-8-3-2-6-14(17)11-18(23)21(25)26/h4-5,7,12,14,17-18,22H,2-3,6,8-11H2,1H3,(H,25,26). The number of nitrogens with one attached hydrogen (secondary N) is 1. The van der Waals surface area contributed by atoms with Crippen LogP contribution in [0.5, 0.6) is 0 Å². The first-order valence-electron chi connectivity index (χ1n) is 9.66. The number of fused-ring (bicyclic) bond motifs is 2. The van der Waals surface area contributed by atoms with Gasteiger partial charge in [0, 0.05) is 29.6 Å². The molecule has 2 aromatic rings. The third kappa shape index (κ3) is 2.89. The van der Waals surface area contributed by atoms with Crippen LogP contribution in [0, 0.1) is 12.8 Å². The maximum absolute atomic E-state index is 13.0. The first kappa shape index (κ1) is 17.1. The van der Waals surface area contributed by atoms with Gasteiger partial charge in [-0.3, -0.25) is 4.79 Å². The molecule has 0 bridgehead atoms. The third-order valence-electron chi connectivity index (χ3n) is 6.28. The molecular formula is C21H26N2O3. The minimum atomic E-state index is -0.851. The number of hydrogen-bond donors (Lipinski definition) is 2. The Hall–Kier alpha value is -2.30. The van der Waals surface area contributed by atoms with Crippen molar-refractivity contribution in [3.63, 3.8) is 0 Å². The second-order valence-corrected chi connectivity index (χ2v) is 7.81. The molecule has 1 aromatic heterocycles. The number of aromatic nitrogens is 1. The molecule has 5 nitrogen and oxygen atoms in total. The Labute approximate surface area is 153 Å². The Morgan fingerprint density at radius 1 is 1.27 bits per heavy atom. The van der Waals surface area contributed by atoms with Gasteiger partial charge in [0.15, 0.2) is 0 Å². The predicted octanol–water partition coefficient (Wildman–Crippen LogP) is 3.65. The van der Waals surface area contributed by atoms with E-state index in [-0.39, 0.29) is 11.9 Å². The number of carboxylic acids is 1. The van der Waals surface area contributed by atoms with E-state index in [4.69, 9.17) is 0 Å². The van der Waals surface area contributed by atoms with Crippen molar-refractivity contribution in [2.75, 3.05) is 0 Å². The number of amides is 1. The van der Waals surface area contributed by atoms with Crippen molar-refractivity contribution < 1.29 is 14.7 Å². The van der Waals surface area contributed by atoms with Gasteiger partial charge in [0.2, 0.25) is 5.91 Å². The summed E-state index contributed by atoms with van der Waals surface area (Å²) in [6.07, 6.45) is 7.87. The monoisotopic (exact) mass is 354 g/mol. The largest absolute Gasteiger partial charge is 0.480 e. The number of rotatable bonds is 4. The minimum absolute atomic E-state index is 0.00574. The Kier molecular flexibility index (Phi) is 4.47. The number of carbonyl (C=O) groups is 2. The highest BCUT2D eigenvalue weighted by Gasteiger charge is 2.47. The van der Waals surface area contributed by atoms with Gasteiger partial charge in [-0.05, 0) is 49.7 Å². The summed E-state index contributed by atoms with van der Waals surface area (Å²) in [7, 11) is 0. The van der Waals surface area contributed by atoms with Crippen molar-refractivity contribution in [2.24, 2.45) is 5.92 Å². The number of aryl methyl sites for hydroxylation is 2. The fourth-order valence-electron chi connectivity index (χ4n) is 4.98. The Bertz CT molecular complexity index is 841. The van der Waals surface area contributed by atoms with Crippen LogP contribution in [0.1, 0.15) is 49.7 Å². The Balaban J connectivity index is 1.51. The first-order valence-corrected chi connectivity index (χ1v) is 9.66. The van der Waals surface area contributed by atoms with Crippen LogP contribution in [-0.4, -0.2) is 39.0 Å². The Morgan fingerprint density at radius 3 is 2.88 bits per heavy atom. The molecule has 2 fully saturated rings. The van der Waals surface area contributed by atoms with Crippen molar-refractivity contribution in [2.45, 2.75) is 64.0 Å². The summed E-state index contributed by atoms with van der Waals surface area (Å²) >= 11 is 0. The number of carbonyl (C=O) groups excluding carboxylic acids is 1. The smallest absolute Gasteiger partial charge is 0.326 e. The van der Waals surface area contributed by atoms with Gasteiger partial charge in [0.25, 0.3) is 0 Å². The van der Waals surface area contributed by atoms with Gasteiger partial charge < -0.3 is 15.0 Å². The number of likely N-dealkylation sites (tertiary alicyclic amines) is 1. The first-order chi connectivity index (χ1) is 12.6. The highest BCUT2D eigenvalue weighted by molar-refractivity contribution is 5.88. The number of H-pyrrole nitrogens is 1. The van der Waals surface area contributed by atoms with Gasteiger partial charge in [0.05, 0.1) is 0 Å². The van der Waals surface area contributed by atoms with Gasteiger partial charge in [-0.15, -0.1) is 0 Å². The summed E-state index contributed by atoms with van der Waals surface area (Å²) in [5.41, 5.74) is 3.44. The summed E-state index contributed by atoms with van der Waals surface area (Å²) in [6.45, 7) is 2.07. The van der Waals surface area contributed by atoms with E-state index in [1.54, 1.807) is 4.90 Å². The molecule has 2 N–H and O–H groups in total. The van der Waals surface area contributed by atoms with E-state index < -0.39 is 12.0 Å². The van der Waals surface area contributed by atoms with Crippen molar-refractivity contribution >= 4 is 22.8 Å². The summed E-state index contributed by atoms with van der Waals surface area (Å²) in [6, 6.07) is 5.66. The van der Waals surface area contributed by atoms with Crippen LogP contribution in [0.15, 0.2) is 24.4 Å². The molecule has 1 aliphatic heterocycles. The molecule has 26 heavy (non-hydrogen) atoms. The quantitative estimate of drug-likeness (QED) is 0.880. The molecule has 138 valence electrons. The van der Waals surface area contributed by atoms with Crippen LogP contribution in [0.4, 0.5) is 0 Å². The maximum atomic E-state index is 13.0. The number of nitrogens with zero attached hydrogens (tertiary/aromatic N) is 1. The molecule has 0 radical (unpaired) electrons. The molecule has 0 spiro atoms. The molecule has 2 aliphatic rings. The average Bonchev–Trinajstić information content (AvgIpc) is 3.22. The van der Waals surface area contributed by atoms with Gasteiger partial charge in [0.1, 0.15) is 6.04 Å². The van der Waals surface area contributed by atoms with E-state index in [9.17, 15) is 14.7 Å². The topological polar surface area (TPSA) is 73.4 Å². The second kappa shape index (κ2) is 6.78. The van der Waals surface area contributed by atoms with Crippen LogP contribution in [0.2, 0.25) is 0 Å². The highest BCUT2D eigenvalue weighted by atomic mass is 16.4. The molecule has 1 aromatic carbocycles. The van der Waals surface area contributed by atoms with Crippen molar-refractivity contribution in [3.8, 4) is 0 Å². The number of aliphatic carboxylic acids is 1. The van der Waals surface area contributed by atoms with Crippen LogP contribution in [0.3, 0.4) is 0 Å². The average molecular weight is 354 g/mol. The minimum Gasteiger partial charge on any atom is -0.480 e. The summed E-state index contributed by atoms with van der Waals surface area (Å²) in [4.78, 5) is 29.7. The van der Waals surface area contributed by atoms with Crippen LogP contribution >= 0.6 is 0 Å². The summed E-state index contributed by atoms with van der Waals surface area (Å²) < 4.78 is 0. The predicted molar refractivity (Wildman–Crippen MR) is 100.0 cm³/mol. The fraction of sp³-hybridized carbons (Fsp3) is 0.524. The number of aromatic amines is 1. The molecule has 3 atom stereocenters. The van der Waals surface area contributed by atoms with Gasteiger partial charge in [-0.25, -0.2) is 4.79 Å². The maximum Gasteiger partial charge on any atom is 0.326 e. The van der Waals surface area contributed by atoms with Crippen LogP contribution in [-0.2, 0) is 16.0 Å². The molecule has 1 aliphatic carbocycles. The SMILES string of the molecule is Cc1cccc2c(CCC(=O)N3C(C(=O)O)CC4CCCCC43)c[nH]c12. The van der Waals surface area contributed by atoms with Crippen LogP contribution in [0.25, 0.3) is 10.9 Å². The van der Waals surface area contributed by atoms with E-state index in [2.05, 4.69) is 24.0 Å². The molecule has 3 unspecified atom stereocenters. The van der Waals surface area contributed by atoms with E-state index >= 15 is 0 Å². The molecule has 1 saturated carbocycles. The molecular weight excluding hydrogens is 328 g/mol. The van der Waals surface area contributed by atoms with E-state index in [1.165, 1.54) is 5.56 Å². The van der Waals surface area contributed by atoms with Gasteiger partial charge in [-0.2, -0.15) is 0 Å². The van der Waals surface area contributed by atoms with Gasteiger partial charge >= 0.3 is 5.97 Å². The molecule has 2 heterocycles. The zero-order valence-corrected chi connectivity index (χ0v) is 15.2. The lowest BCUT2D eigenvalue weighted by Gasteiger charge is -2.33. The van der Waals surface area contributed by atoms with Crippen LogP contribution < -0.4 is 0 Å². The van der Waals surface area contributed by atoms with E-state index in [0.717, 1.165) is 42.1 Å². The second-order valence-electron chi connectivity index (χ2n) is 7.81. The normalized spacial score (nSPS) is 25.4. The lowest BCUT2D eigenvalue weighted by molar-refractivity contribution is -0.149. The Morgan fingerprint density at radius 2 is 2.08 bits per heavy atom. The van der Waals surface area contributed by atoms with E-state index in [1.807, 2.05) is 12.3 Å². The number of para-hydroxylation sites is 1. The van der Waals surface area contributed by atoms with Crippen molar-refractivity contribution in [1.29, 1.82) is 0 Å². The lowest BCUT2D eigenvalue weighted by Crippen LogP contribution is -2.46. The zero-order chi connectivity index (χ0) is 18.3. The van der Waals surface area contributed by atoms with Gasteiger partial charge in [-0.1, -0.05) is 31.0 Å². The number of benzene rings is 1.